The molecule has 6 nitrogen and oxygen atoms in total. The summed E-state index contributed by atoms with van der Waals surface area (Å²) in [6.45, 7) is 1.54. The number of nitrogens with one attached hydrogen (secondary N) is 1. The van der Waals surface area contributed by atoms with Crippen LogP contribution in [0.5, 0.6) is 0 Å². The topological polar surface area (TPSA) is 77.0 Å². The molecule has 0 aromatic carbocycles. The number of unbranched alkanes of at least 4 members (excludes halogenated alkanes) is 1. The minimum atomic E-state index is -0.457. The van der Waals surface area contributed by atoms with Crippen LogP contribution in [0.25, 0.3) is 0 Å². The van der Waals surface area contributed by atoms with Gasteiger partial charge in [0.1, 0.15) is 0 Å². The SMILES string of the molecule is COCCNC(=O)C1=C[C@@H](c2ccsc2)C[C@@H](OCCCCO)O1. The molecule has 0 radical (unpaired) electrons. The first-order valence-corrected chi connectivity index (χ1v) is 9.09. The van der Waals surface area contributed by atoms with E-state index in [0.29, 0.717) is 38.4 Å². The number of hydrogen-bond donors (Lipinski definition) is 2. The van der Waals surface area contributed by atoms with Crippen LogP contribution in [0, 0.1) is 0 Å². The molecule has 1 aliphatic rings. The van der Waals surface area contributed by atoms with Crippen LogP contribution in [0.15, 0.2) is 28.7 Å². The highest BCUT2D eigenvalue weighted by Crippen LogP contribution is 2.32. The summed E-state index contributed by atoms with van der Waals surface area (Å²) >= 11 is 1.63. The number of hydrogen-bond acceptors (Lipinski definition) is 6. The van der Waals surface area contributed by atoms with Crippen molar-refractivity contribution in [1.29, 1.82) is 0 Å². The minimum Gasteiger partial charge on any atom is -0.459 e. The van der Waals surface area contributed by atoms with E-state index in [-0.39, 0.29) is 18.4 Å². The van der Waals surface area contributed by atoms with Crippen molar-refractivity contribution >= 4 is 17.2 Å². The van der Waals surface area contributed by atoms with Crippen LogP contribution in [0.3, 0.4) is 0 Å². The lowest BCUT2D eigenvalue weighted by Gasteiger charge is -2.29. The van der Waals surface area contributed by atoms with Gasteiger partial charge in [-0.15, -0.1) is 0 Å². The van der Waals surface area contributed by atoms with Crippen LogP contribution < -0.4 is 5.32 Å². The highest BCUT2D eigenvalue weighted by atomic mass is 32.1. The summed E-state index contributed by atoms with van der Waals surface area (Å²) in [5.74, 6) is 0.132. The zero-order valence-electron chi connectivity index (χ0n) is 13.9. The second-order valence-corrected chi connectivity index (χ2v) is 6.31. The van der Waals surface area contributed by atoms with Crippen molar-refractivity contribution < 1.29 is 24.1 Å². The normalized spacial score (nSPS) is 20.3. The number of ether oxygens (including phenoxy) is 3. The van der Waals surface area contributed by atoms with Crippen molar-refractivity contribution in [1.82, 2.24) is 5.32 Å². The third-order valence-corrected chi connectivity index (χ3v) is 4.40. The van der Waals surface area contributed by atoms with Crippen molar-refractivity contribution in [3.05, 3.63) is 34.2 Å². The van der Waals surface area contributed by atoms with E-state index in [0.717, 1.165) is 12.0 Å². The molecule has 2 heterocycles. The molecule has 0 unspecified atom stereocenters. The molecular formula is C17H25NO5S. The van der Waals surface area contributed by atoms with Gasteiger partial charge in [0.2, 0.25) is 6.29 Å². The molecular weight excluding hydrogens is 330 g/mol. The Morgan fingerprint density at radius 2 is 2.33 bits per heavy atom. The molecule has 1 aromatic heterocycles. The summed E-state index contributed by atoms with van der Waals surface area (Å²) in [6, 6.07) is 2.06. The van der Waals surface area contributed by atoms with E-state index in [2.05, 4.69) is 16.8 Å². The van der Waals surface area contributed by atoms with Gasteiger partial charge in [0.15, 0.2) is 5.76 Å². The predicted octanol–water partition coefficient (Wildman–Crippen LogP) is 2.01. The van der Waals surface area contributed by atoms with Crippen molar-refractivity contribution in [2.75, 3.05) is 33.5 Å². The van der Waals surface area contributed by atoms with Crippen LogP contribution in [-0.2, 0) is 19.0 Å². The van der Waals surface area contributed by atoms with Crippen LogP contribution in [0.1, 0.15) is 30.7 Å². The number of carbonyl (C=O) groups is 1. The van der Waals surface area contributed by atoms with E-state index in [9.17, 15) is 4.79 Å². The average molecular weight is 355 g/mol. The number of amides is 1. The fourth-order valence-corrected chi connectivity index (χ4v) is 3.14. The van der Waals surface area contributed by atoms with E-state index in [1.807, 2.05) is 11.5 Å². The molecule has 0 aliphatic carbocycles. The standard InChI is InChI=1S/C17H25NO5S/c1-21-8-5-18-17(20)15-10-14(13-4-9-24-12-13)11-16(23-15)22-7-3-2-6-19/h4,9-10,12,14,16,19H,2-3,5-8,11H2,1H3,(H,18,20)/t14-,16+/m1/s1. The van der Waals surface area contributed by atoms with E-state index in [4.69, 9.17) is 19.3 Å². The van der Waals surface area contributed by atoms with Gasteiger partial charge in [0.25, 0.3) is 5.91 Å². The average Bonchev–Trinajstić information content (AvgIpc) is 3.13. The molecule has 134 valence electrons. The van der Waals surface area contributed by atoms with E-state index < -0.39 is 6.29 Å². The maximum atomic E-state index is 12.3. The molecule has 1 aromatic rings. The molecule has 24 heavy (non-hydrogen) atoms. The monoisotopic (exact) mass is 355 g/mol. The van der Waals surface area contributed by atoms with Crippen LogP contribution in [0.4, 0.5) is 0 Å². The van der Waals surface area contributed by atoms with E-state index in [1.54, 1.807) is 18.4 Å². The first kappa shape index (κ1) is 18.9. The number of rotatable bonds is 10. The zero-order chi connectivity index (χ0) is 17.2. The second-order valence-electron chi connectivity index (χ2n) is 5.53. The molecule has 0 saturated heterocycles. The largest absolute Gasteiger partial charge is 0.459 e. The van der Waals surface area contributed by atoms with Gasteiger partial charge >= 0.3 is 0 Å². The summed E-state index contributed by atoms with van der Waals surface area (Å²) in [5.41, 5.74) is 1.16. The van der Waals surface area contributed by atoms with Gasteiger partial charge in [0, 0.05) is 32.6 Å². The highest BCUT2D eigenvalue weighted by Gasteiger charge is 2.28. The van der Waals surface area contributed by atoms with Gasteiger partial charge in [0.05, 0.1) is 13.2 Å². The van der Waals surface area contributed by atoms with Gasteiger partial charge < -0.3 is 24.6 Å². The van der Waals surface area contributed by atoms with Crippen molar-refractivity contribution in [2.45, 2.75) is 31.5 Å². The van der Waals surface area contributed by atoms with E-state index >= 15 is 0 Å². The first-order chi connectivity index (χ1) is 11.7. The number of methoxy groups -OCH3 is 1. The molecule has 2 N–H and O–H groups in total. The Kier molecular flexibility index (Phi) is 8.24. The molecule has 1 aliphatic heterocycles. The lowest BCUT2D eigenvalue weighted by molar-refractivity contribution is -0.146. The van der Waals surface area contributed by atoms with E-state index in [1.165, 1.54) is 0 Å². The Morgan fingerprint density at radius 1 is 1.46 bits per heavy atom. The Balaban J connectivity index is 1.98. The molecule has 2 rings (SSSR count). The molecule has 0 spiro atoms. The summed E-state index contributed by atoms with van der Waals surface area (Å²) < 4.78 is 16.4. The quantitative estimate of drug-likeness (QED) is 0.628. The van der Waals surface area contributed by atoms with Crippen molar-refractivity contribution in [3.63, 3.8) is 0 Å². The summed E-state index contributed by atoms with van der Waals surface area (Å²) in [7, 11) is 1.59. The van der Waals surface area contributed by atoms with Gasteiger partial charge in [-0.3, -0.25) is 4.79 Å². The predicted molar refractivity (Wildman–Crippen MR) is 91.8 cm³/mol. The summed E-state index contributed by atoms with van der Waals surface area (Å²) in [6.07, 6.45) is 3.53. The minimum absolute atomic E-state index is 0.0935. The van der Waals surface area contributed by atoms with Crippen LogP contribution >= 0.6 is 11.3 Å². The van der Waals surface area contributed by atoms with Gasteiger partial charge in [-0.2, -0.15) is 11.3 Å². The zero-order valence-corrected chi connectivity index (χ0v) is 14.7. The first-order valence-electron chi connectivity index (χ1n) is 8.14. The van der Waals surface area contributed by atoms with Crippen molar-refractivity contribution in [3.8, 4) is 0 Å². The fourth-order valence-electron chi connectivity index (χ4n) is 2.42. The summed E-state index contributed by atoms with van der Waals surface area (Å²) in [4.78, 5) is 12.3. The van der Waals surface area contributed by atoms with Gasteiger partial charge in [-0.05, 0) is 41.3 Å². The third kappa shape index (κ3) is 5.90. The highest BCUT2D eigenvalue weighted by molar-refractivity contribution is 7.08. The molecule has 0 bridgehead atoms. The Labute approximate surface area is 146 Å². The Hall–Kier alpha value is -1.41. The van der Waals surface area contributed by atoms with Crippen LogP contribution in [0.2, 0.25) is 0 Å². The molecule has 2 atom stereocenters. The Morgan fingerprint density at radius 3 is 3.04 bits per heavy atom. The second kappa shape index (κ2) is 10.5. The number of carbonyl (C=O) groups excluding carboxylic acids is 1. The molecule has 1 amide bonds. The van der Waals surface area contributed by atoms with Crippen molar-refractivity contribution in [2.24, 2.45) is 0 Å². The molecule has 0 saturated carbocycles. The third-order valence-electron chi connectivity index (χ3n) is 3.70. The number of thiophene rings is 1. The van der Waals surface area contributed by atoms with Gasteiger partial charge in [-0.1, -0.05) is 0 Å². The summed E-state index contributed by atoms with van der Waals surface area (Å²) in [5, 5.41) is 15.7. The number of allylic oxidation sites excluding steroid dienone is 1. The maximum Gasteiger partial charge on any atom is 0.286 e. The number of aliphatic hydroxyl groups is 1. The molecule has 0 fully saturated rings. The number of aliphatic hydroxyl groups excluding tert-OH is 1. The lowest BCUT2D eigenvalue weighted by atomic mass is 9.95. The fraction of sp³-hybridized carbons (Fsp3) is 0.588. The van der Waals surface area contributed by atoms with Gasteiger partial charge in [-0.25, -0.2) is 0 Å². The van der Waals surface area contributed by atoms with Crippen LogP contribution in [-0.4, -0.2) is 50.8 Å². The smallest absolute Gasteiger partial charge is 0.286 e. The molecule has 7 heteroatoms. The maximum absolute atomic E-state index is 12.3. The Bertz CT molecular complexity index is 517. The lowest BCUT2D eigenvalue weighted by Crippen LogP contribution is -2.34.